The molecule has 5 heteroatoms. The van der Waals surface area contributed by atoms with Gasteiger partial charge >= 0.3 is 0 Å². The van der Waals surface area contributed by atoms with Gasteiger partial charge in [-0.15, -0.1) is 0 Å². The summed E-state index contributed by atoms with van der Waals surface area (Å²) in [6, 6.07) is 3.63. The summed E-state index contributed by atoms with van der Waals surface area (Å²) in [5.74, 6) is -1.88. The summed E-state index contributed by atoms with van der Waals surface area (Å²) in [4.78, 5) is 0. The molecule has 0 spiro atoms. The minimum Gasteiger partial charge on any atom is -0.462 e. The molecule has 0 bridgehead atoms. The van der Waals surface area contributed by atoms with Crippen LogP contribution in [0.5, 0.6) is 5.75 Å². The summed E-state index contributed by atoms with van der Waals surface area (Å²) >= 11 is 0. The molecule has 0 fully saturated rings. The van der Waals surface area contributed by atoms with Crippen molar-refractivity contribution in [1.29, 1.82) is 0 Å². The number of rotatable bonds is 7. The smallest absolute Gasteiger partial charge is 0.201 e. The van der Waals surface area contributed by atoms with Gasteiger partial charge in [-0.1, -0.05) is 37.3 Å². The molecule has 120 valence electrons. The summed E-state index contributed by atoms with van der Waals surface area (Å²) in [6.45, 7) is 6.14. The van der Waals surface area contributed by atoms with Crippen molar-refractivity contribution in [1.82, 2.24) is 0 Å². The molecule has 1 unspecified atom stereocenters. The van der Waals surface area contributed by atoms with Gasteiger partial charge in [-0.25, -0.2) is 4.39 Å². The van der Waals surface area contributed by atoms with E-state index in [4.69, 9.17) is 9.47 Å². The molecule has 2 rings (SSSR count). The van der Waals surface area contributed by atoms with Gasteiger partial charge in [0, 0.05) is 0 Å². The van der Waals surface area contributed by atoms with Gasteiger partial charge in [-0.3, -0.25) is 0 Å². The van der Waals surface area contributed by atoms with Crippen LogP contribution in [0.25, 0.3) is 0 Å². The topological polar surface area (TPSA) is 18.5 Å². The molecule has 0 radical (unpaired) electrons. The quantitative estimate of drug-likeness (QED) is 0.563. The SMILES string of the molecule is C=COc1ccc(C[SiH2]C2=CCC(CCC)OC2)c(F)c1F. The molecule has 0 saturated carbocycles. The second-order valence-electron chi connectivity index (χ2n) is 5.46. The van der Waals surface area contributed by atoms with E-state index in [0.29, 0.717) is 24.3 Å². The molecule has 22 heavy (non-hydrogen) atoms. The van der Waals surface area contributed by atoms with Crippen molar-refractivity contribution in [3.8, 4) is 5.75 Å². The third-order valence-corrected chi connectivity index (χ3v) is 5.76. The maximum atomic E-state index is 14.0. The van der Waals surface area contributed by atoms with Gasteiger partial charge in [0.15, 0.2) is 11.6 Å². The number of hydrogen-bond donors (Lipinski definition) is 0. The minimum atomic E-state index is -0.941. The first-order valence-corrected chi connectivity index (χ1v) is 9.40. The number of ether oxygens (including phenoxy) is 2. The summed E-state index contributed by atoms with van der Waals surface area (Å²) in [6.07, 6.45) is 6.79. The lowest BCUT2D eigenvalue weighted by atomic mass is 10.1. The van der Waals surface area contributed by atoms with Crippen molar-refractivity contribution in [3.05, 3.63) is 53.4 Å². The van der Waals surface area contributed by atoms with Crippen molar-refractivity contribution in [2.75, 3.05) is 6.61 Å². The van der Waals surface area contributed by atoms with Crippen molar-refractivity contribution >= 4 is 9.52 Å². The summed E-state index contributed by atoms with van der Waals surface area (Å²) in [7, 11) is -0.662. The maximum Gasteiger partial charge on any atom is 0.201 e. The van der Waals surface area contributed by atoms with Gasteiger partial charge in [0.05, 0.1) is 28.5 Å². The van der Waals surface area contributed by atoms with E-state index in [2.05, 4.69) is 19.6 Å². The molecule has 0 aromatic heterocycles. The summed E-state index contributed by atoms with van der Waals surface area (Å²) < 4.78 is 38.4. The molecular weight excluding hydrogens is 302 g/mol. The van der Waals surface area contributed by atoms with E-state index in [-0.39, 0.29) is 5.75 Å². The van der Waals surface area contributed by atoms with Gasteiger partial charge in [-0.2, -0.15) is 4.39 Å². The van der Waals surface area contributed by atoms with Crippen LogP contribution in [0.3, 0.4) is 0 Å². The van der Waals surface area contributed by atoms with Gasteiger partial charge in [0.2, 0.25) is 5.82 Å². The maximum absolute atomic E-state index is 14.0. The Balaban J connectivity index is 1.95. The lowest BCUT2D eigenvalue weighted by molar-refractivity contribution is 0.0588. The molecule has 1 atom stereocenters. The Morgan fingerprint density at radius 3 is 2.86 bits per heavy atom. The van der Waals surface area contributed by atoms with E-state index in [1.165, 1.54) is 11.3 Å². The van der Waals surface area contributed by atoms with E-state index < -0.39 is 21.2 Å². The molecule has 0 saturated heterocycles. The van der Waals surface area contributed by atoms with E-state index in [1.807, 2.05) is 0 Å². The van der Waals surface area contributed by atoms with E-state index >= 15 is 0 Å². The van der Waals surface area contributed by atoms with Crippen LogP contribution in [0, 0.1) is 11.6 Å². The van der Waals surface area contributed by atoms with Crippen molar-refractivity contribution < 1.29 is 18.3 Å². The van der Waals surface area contributed by atoms with Crippen molar-refractivity contribution in [2.24, 2.45) is 0 Å². The third kappa shape index (κ3) is 4.27. The fraction of sp³-hybridized carbons (Fsp3) is 0.412. The predicted octanol–water partition coefficient (Wildman–Crippen LogP) is 3.63. The van der Waals surface area contributed by atoms with Gasteiger partial charge in [-0.05, 0) is 30.5 Å². The second-order valence-corrected chi connectivity index (χ2v) is 7.36. The molecule has 1 aromatic carbocycles. The molecular formula is C17H22F2O2Si. The molecule has 2 nitrogen and oxygen atoms in total. The highest BCUT2D eigenvalue weighted by Gasteiger charge is 2.17. The van der Waals surface area contributed by atoms with Gasteiger partial charge < -0.3 is 9.47 Å². The largest absolute Gasteiger partial charge is 0.462 e. The first-order chi connectivity index (χ1) is 10.7. The van der Waals surface area contributed by atoms with Crippen LogP contribution >= 0.6 is 0 Å². The van der Waals surface area contributed by atoms with Crippen LogP contribution < -0.4 is 4.74 Å². The molecule has 1 aliphatic rings. The van der Waals surface area contributed by atoms with Crippen LogP contribution in [0.1, 0.15) is 31.7 Å². The normalized spacial score (nSPS) is 18.5. The third-order valence-electron chi connectivity index (χ3n) is 3.84. The zero-order valence-electron chi connectivity index (χ0n) is 12.9. The van der Waals surface area contributed by atoms with Crippen molar-refractivity contribution in [3.63, 3.8) is 0 Å². The first-order valence-electron chi connectivity index (χ1n) is 7.69. The van der Waals surface area contributed by atoms with Crippen LogP contribution in [0.15, 0.2) is 36.2 Å². The number of benzene rings is 1. The number of halogens is 2. The molecule has 0 amide bonds. The van der Waals surface area contributed by atoms with Crippen LogP contribution in [-0.4, -0.2) is 22.2 Å². The fourth-order valence-electron chi connectivity index (χ4n) is 2.59. The highest BCUT2D eigenvalue weighted by Crippen LogP contribution is 2.24. The highest BCUT2D eigenvalue weighted by molar-refractivity contribution is 6.45. The molecule has 1 heterocycles. The number of hydrogen-bond acceptors (Lipinski definition) is 2. The standard InChI is InChI=1S/C17H22F2O2Si/c1-3-5-13-7-8-14(10-21-13)22-11-12-6-9-15(20-4-2)17(19)16(12)18/h4,6,8-9,13H,2-3,5,7,10-11,22H2,1H3. The molecule has 0 aliphatic carbocycles. The highest BCUT2D eigenvalue weighted by atomic mass is 28.2. The average molecular weight is 324 g/mol. The van der Waals surface area contributed by atoms with Crippen LogP contribution in [0.4, 0.5) is 8.78 Å². The Labute approximate surface area is 132 Å². The van der Waals surface area contributed by atoms with Crippen LogP contribution in [-0.2, 0) is 10.8 Å². The van der Waals surface area contributed by atoms with E-state index in [0.717, 1.165) is 25.5 Å². The van der Waals surface area contributed by atoms with E-state index in [9.17, 15) is 8.78 Å². The Bertz CT molecular complexity index is 558. The Kier molecular flexibility index (Phi) is 6.33. The predicted molar refractivity (Wildman–Crippen MR) is 86.8 cm³/mol. The Morgan fingerprint density at radius 2 is 2.23 bits per heavy atom. The molecule has 0 N–H and O–H groups in total. The zero-order valence-corrected chi connectivity index (χ0v) is 14.3. The van der Waals surface area contributed by atoms with Crippen LogP contribution in [0.2, 0.25) is 0 Å². The van der Waals surface area contributed by atoms with Crippen molar-refractivity contribution in [2.45, 2.75) is 38.3 Å². The molecule has 1 aromatic rings. The minimum absolute atomic E-state index is 0.125. The lowest BCUT2D eigenvalue weighted by Crippen LogP contribution is -2.21. The Morgan fingerprint density at radius 1 is 1.41 bits per heavy atom. The Hall–Kier alpha value is -1.46. The zero-order chi connectivity index (χ0) is 15.9. The average Bonchev–Trinajstić information content (AvgIpc) is 2.53. The summed E-state index contributed by atoms with van der Waals surface area (Å²) in [5.41, 5.74) is 0.414. The monoisotopic (exact) mass is 324 g/mol. The van der Waals surface area contributed by atoms with Gasteiger partial charge in [0.25, 0.3) is 0 Å². The molecule has 1 aliphatic heterocycles. The lowest BCUT2D eigenvalue weighted by Gasteiger charge is -2.22. The first kappa shape index (κ1) is 16.9. The fourth-order valence-corrected chi connectivity index (χ4v) is 4.20. The van der Waals surface area contributed by atoms with Gasteiger partial charge in [0.1, 0.15) is 0 Å². The summed E-state index contributed by atoms with van der Waals surface area (Å²) in [5, 5.41) is 1.29. The van der Waals surface area contributed by atoms with E-state index in [1.54, 1.807) is 6.07 Å². The second kappa shape index (κ2) is 8.24.